The number of aromatic carboxylic acids is 1. The molecule has 0 radical (unpaired) electrons. The Morgan fingerprint density at radius 2 is 2.04 bits per heavy atom. The van der Waals surface area contributed by atoms with E-state index in [1.165, 1.54) is 12.5 Å². The average molecular weight is 306 g/mol. The van der Waals surface area contributed by atoms with E-state index in [0.717, 1.165) is 11.1 Å². The van der Waals surface area contributed by atoms with E-state index in [1.807, 2.05) is 29.0 Å². The molecule has 0 atom stereocenters. The number of hydrogen-bond donors (Lipinski definition) is 2. The van der Waals surface area contributed by atoms with Crippen molar-refractivity contribution in [2.24, 2.45) is 0 Å². The molecule has 0 saturated heterocycles. The van der Waals surface area contributed by atoms with Gasteiger partial charge in [-0.15, -0.1) is 0 Å². The first-order chi connectivity index (χ1) is 11.2. The SMILES string of the molecule is O=C(O)c1cnc2c(ccn2-c2ccc(-c3ncn[nH]3)nc2)c1. The Hall–Kier alpha value is -3.55. The predicted octanol–water partition coefficient (Wildman–Crippen LogP) is 1.90. The molecule has 0 aliphatic heterocycles. The number of pyridine rings is 2. The minimum Gasteiger partial charge on any atom is -0.478 e. The highest BCUT2D eigenvalue weighted by Crippen LogP contribution is 2.20. The number of nitrogens with one attached hydrogen (secondary N) is 1. The van der Waals surface area contributed by atoms with Crippen LogP contribution in [0.15, 0.2) is 49.2 Å². The van der Waals surface area contributed by atoms with Crippen LogP contribution in [0.2, 0.25) is 0 Å². The van der Waals surface area contributed by atoms with Crippen molar-refractivity contribution in [2.45, 2.75) is 0 Å². The molecule has 2 N–H and O–H groups in total. The molecule has 8 nitrogen and oxygen atoms in total. The number of aromatic nitrogens is 6. The van der Waals surface area contributed by atoms with Crippen LogP contribution in [0.25, 0.3) is 28.2 Å². The quantitative estimate of drug-likeness (QED) is 0.598. The van der Waals surface area contributed by atoms with Crippen LogP contribution in [-0.4, -0.2) is 40.8 Å². The Bertz CT molecular complexity index is 989. The Labute approximate surface area is 129 Å². The highest BCUT2D eigenvalue weighted by molar-refractivity contribution is 5.92. The maximum Gasteiger partial charge on any atom is 0.337 e. The number of rotatable bonds is 3. The van der Waals surface area contributed by atoms with E-state index in [1.54, 1.807) is 12.3 Å². The molecule has 0 aliphatic rings. The number of H-pyrrole nitrogens is 1. The average Bonchev–Trinajstić information content (AvgIpc) is 3.24. The van der Waals surface area contributed by atoms with Gasteiger partial charge in [0, 0.05) is 17.8 Å². The van der Waals surface area contributed by atoms with Gasteiger partial charge in [-0.2, -0.15) is 5.10 Å². The summed E-state index contributed by atoms with van der Waals surface area (Å²) in [5, 5.41) is 16.3. The summed E-state index contributed by atoms with van der Waals surface area (Å²) < 4.78 is 1.85. The van der Waals surface area contributed by atoms with Gasteiger partial charge in [0.05, 0.1) is 17.4 Å². The van der Waals surface area contributed by atoms with Gasteiger partial charge in [0.15, 0.2) is 5.82 Å². The molecule has 0 unspecified atom stereocenters. The fourth-order valence-corrected chi connectivity index (χ4v) is 2.35. The van der Waals surface area contributed by atoms with Crippen molar-refractivity contribution >= 4 is 17.0 Å². The zero-order valence-electron chi connectivity index (χ0n) is 11.7. The Morgan fingerprint density at radius 3 is 2.74 bits per heavy atom. The minimum atomic E-state index is -0.995. The lowest BCUT2D eigenvalue weighted by atomic mass is 10.2. The third-order valence-corrected chi connectivity index (χ3v) is 3.46. The lowest BCUT2D eigenvalue weighted by molar-refractivity contribution is 0.0696. The Balaban J connectivity index is 1.75. The highest BCUT2D eigenvalue weighted by atomic mass is 16.4. The summed E-state index contributed by atoms with van der Waals surface area (Å²) in [5.74, 6) is -0.400. The molecule has 4 aromatic rings. The number of fused-ring (bicyclic) bond motifs is 1. The second-order valence-electron chi connectivity index (χ2n) is 4.86. The molecule has 4 aromatic heterocycles. The summed E-state index contributed by atoms with van der Waals surface area (Å²) in [7, 11) is 0. The van der Waals surface area contributed by atoms with Gasteiger partial charge in [-0.25, -0.2) is 14.8 Å². The summed E-state index contributed by atoms with van der Waals surface area (Å²) in [6.45, 7) is 0. The molecule has 0 fully saturated rings. The van der Waals surface area contributed by atoms with Crippen molar-refractivity contribution < 1.29 is 9.90 Å². The lowest BCUT2D eigenvalue weighted by Crippen LogP contribution is -1.99. The van der Waals surface area contributed by atoms with Crippen molar-refractivity contribution in [1.29, 1.82) is 0 Å². The topological polar surface area (TPSA) is 110 Å². The highest BCUT2D eigenvalue weighted by Gasteiger charge is 2.10. The fraction of sp³-hybridized carbons (Fsp3) is 0. The number of nitrogens with zero attached hydrogens (tertiary/aromatic N) is 5. The van der Waals surface area contributed by atoms with E-state index in [4.69, 9.17) is 5.11 Å². The number of carbonyl (C=O) groups is 1. The van der Waals surface area contributed by atoms with E-state index >= 15 is 0 Å². The summed E-state index contributed by atoms with van der Waals surface area (Å²) in [5.41, 5.74) is 2.33. The molecule has 0 bridgehead atoms. The van der Waals surface area contributed by atoms with Gasteiger partial charge >= 0.3 is 5.97 Å². The second kappa shape index (κ2) is 5.02. The molecule has 4 heterocycles. The van der Waals surface area contributed by atoms with Gasteiger partial charge < -0.3 is 5.11 Å². The van der Waals surface area contributed by atoms with Crippen LogP contribution in [-0.2, 0) is 0 Å². The zero-order chi connectivity index (χ0) is 15.8. The number of carboxylic acids is 1. The van der Waals surface area contributed by atoms with Crippen molar-refractivity contribution in [3.8, 4) is 17.2 Å². The first kappa shape index (κ1) is 13.1. The van der Waals surface area contributed by atoms with E-state index in [0.29, 0.717) is 17.2 Å². The normalized spacial score (nSPS) is 11.0. The molecule has 8 heteroatoms. The summed E-state index contributed by atoms with van der Waals surface area (Å²) in [4.78, 5) is 23.6. The summed E-state index contributed by atoms with van der Waals surface area (Å²) in [6, 6.07) is 7.13. The van der Waals surface area contributed by atoms with Gasteiger partial charge in [0.1, 0.15) is 17.7 Å². The summed E-state index contributed by atoms with van der Waals surface area (Å²) >= 11 is 0. The largest absolute Gasteiger partial charge is 0.478 e. The van der Waals surface area contributed by atoms with Crippen LogP contribution in [0, 0.1) is 0 Å². The first-order valence-electron chi connectivity index (χ1n) is 6.75. The first-order valence-corrected chi connectivity index (χ1v) is 6.75. The fourth-order valence-electron chi connectivity index (χ4n) is 2.35. The van der Waals surface area contributed by atoms with Crippen LogP contribution in [0.5, 0.6) is 0 Å². The maximum atomic E-state index is 11.0. The van der Waals surface area contributed by atoms with Crippen LogP contribution >= 0.6 is 0 Å². The molecule has 0 saturated carbocycles. The summed E-state index contributed by atoms with van der Waals surface area (Å²) in [6.07, 6.45) is 6.30. The zero-order valence-corrected chi connectivity index (χ0v) is 11.7. The molecule has 0 aliphatic carbocycles. The standard InChI is InChI=1S/C15H10N6O2/c22-15(23)10-5-9-3-4-21(14(9)17-6-10)11-1-2-12(16-7-11)13-18-8-19-20-13/h1-8H,(H,22,23)(H,18,19,20). The van der Waals surface area contributed by atoms with Crippen LogP contribution in [0.4, 0.5) is 0 Å². The van der Waals surface area contributed by atoms with Crippen LogP contribution in [0.3, 0.4) is 0 Å². The third-order valence-electron chi connectivity index (χ3n) is 3.46. The molecular formula is C15H10N6O2. The van der Waals surface area contributed by atoms with Crippen LogP contribution < -0.4 is 0 Å². The van der Waals surface area contributed by atoms with E-state index in [-0.39, 0.29) is 5.56 Å². The van der Waals surface area contributed by atoms with Gasteiger partial charge in [-0.05, 0) is 24.3 Å². The number of carboxylic acid groups (broad SMARTS) is 1. The van der Waals surface area contributed by atoms with E-state index < -0.39 is 5.97 Å². The van der Waals surface area contributed by atoms with Gasteiger partial charge in [0.2, 0.25) is 0 Å². The predicted molar refractivity (Wildman–Crippen MR) is 81.2 cm³/mol. The molecule has 0 spiro atoms. The Kier molecular flexibility index (Phi) is 2.87. The number of aromatic amines is 1. The lowest BCUT2D eigenvalue weighted by Gasteiger charge is -2.05. The van der Waals surface area contributed by atoms with Gasteiger partial charge in [-0.1, -0.05) is 0 Å². The molecule has 23 heavy (non-hydrogen) atoms. The van der Waals surface area contributed by atoms with Gasteiger partial charge in [0.25, 0.3) is 0 Å². The van der Waals surface area contributed by atoms with Crippen molar-refractivity contribution in [2.75, 3.05) is 0 Å². The second-order valence-corrected chi connectivity index (χ2v) is 4.86. The minimum absolute atomic E-state index is 0.161. The van der Waals surface area contributed by atoms with E-state index in [9.17, 15) is 4.79 Å². The van der Waals surface area contributed by atoms with Crippen LogP contribution in [0.1, 0.15) is 10.4 Å². The maximum absolute atomic E-state index is 11.0. The molecule has 4 rings (SSSR count). The molecule has 0 aromatic carbocycles. The van der Waals surface area contributed by atoms with Crippen molar-refractivity contribution in [3.05, 3.63) is 54.7 Å². The Morgan fingerprint density at radius 1 is 1.13 bits per heavy atom. The molecular weight excluding hydrogens is 296 g/mol. The van der Waals surface area contributed by atoms with E-state index in [2.05, 4.69) is 25.1 Å². The molecule has 0 amide bonds. The van der Waals surface area contributed by atoms with Crippen molar-refractivity contribution in [1.82, 2.24) is 29.7 Å². The third kappa shape index (κ3) is 2.22. The number of hydrogen-bond acceptors (Lipinski definition) is 5. The smallest absolute Gasteiger partial charge is 0.337 e. The van der Waals surface area contributed by atoms with Crippen molar-refractivity contribution in [3.63, 3.8) is 0 Å². The van der Waals surface area contributed by atoms with Gasteiger partial charge in [-0.3, -0.25) is 14.6 Å². The monoisotopic (exact) mass is 306 g/mol. The molecule has 112 valence electrons.